The molecule has 0 spiro atoms. The van der Waals surface area contributed by atoms with Crippen LogP contribution in [0.3, 0.4) is 0 Å². The molecule has 0 aliphatic carbocycles. The Balaban J connectivity index is 2.41. The van der Waals surface area contributed by atoms with Gasteiger partial charge in [0, 0.05) is 19.2 Å². The van der Waals surface area contributed by atoms with E-state index in [0.29, 0.717) is 6.61 Å². The zero-order valence-corrected chi connectivity index (χ0v) is 10.9. The third kappa shape index (κ3) is 2.53. The molecule has 18 heavy (non-hydrogen) atoms. The summed E-state index contributed by atoms with van der Waals surface area (Å²) in [5, 5.41) is 16.4. The van der Waals surface area contributed by atoms with Crippen LogP contribution in [0.2, 0.25) is 0 Å². The molecular formula is C12H17N5O. The van der Waals surface area contributed by atoms with Crippen molar-refractivity contribution in [1.82, 2.24) is 25.0 Å². The molecule has 0 bridgehead atoms. The fourth-order valence-corrected chi connectivity index (χ4v) is 1.79. The summed E-state index contributed by atoms with van der Waals surface area (Å²) >= 11 is 0. The summed E-state index contributed by atoms with van der Waals surface area (Å²) in [5.74, 6) is 0.821. The van der Waals surface area contributed by atoms with Gasteiger partial charge in [0.1, 0.15) is 6.33 Å². The second-order valence-corrected chi connectivity index (χ2v) is 4.04. The van der Waals surface area contributed by atoms with Crippen molar-refractivity contribution < 1.29 is 4.74 Å². The fourth-order valence-electron chi connectivity index (χ4n) is 1.79. The summed E-state index contributed by atoms with van der Waals surface area (Å²) < 4.78 is 7.05. The molecule has 0 aromatic carbocycles. The van der Waals surface area contributed by atoms with Gasteiger partial charge < -0.3 is 9.30 Å². The molecule has 6 heteroatoms. The SMILES string of the molecule is CCc1nnc(C)cc1-c1nncn1CCOC. The number of aryl methyl sites for hydroxylation is 2. The Kier molecular flexibility index (Phi) is 3.99. The van der Waals surface area contributed by atoms with Crippen LogP contribution in [0.4, 0.5) is 0 Å². The Bertz CT molecular complexity index is 523. The van der Waals surface area contributed by atoms with Crippen molar-refractivity contribution in [3.05, 3.63) is 23.8 Å². The van der Waals surface area contributed by atoms with Crippen molar-refractivity contribution in [2.24, 2.45) is 0 Å². The van der Waals surface area contributed by atoms with Gasteiger partial charge >= 0.3 is 0 Å². The first-order valence-corrected chi connectivity index (χ1v) is 5.96. The minimum Gasteiger partial charge on any atom is -0.383 e. The predicted molar refractivity (Wildman–Crippen MR) is 67.0 cm³/mol. The van der Waals surface area contributed by atoms with Gasteiger partial charge in [-0.2, -0.15) is 10.2 Å². The molecule has 0 aliphatic heterocycles. The van der Waals surface area contributed by atoms with E-state index in [2.05, 4.69) is 27.3 Å². The molecule has 2 aromatic heterocycles. The van der Waals surface area contributed by atoms with Crippen molar-refractivity contribution in [3.8, 4) is 11.4 Å². The van der Waals surface area contributed by atoms with Gasteiger partial charge in [0.2, 0.25) is 0 Å². The number of hydrogen-bond acceptors (Lipinski definition) is 5. The summed E-state index contributed by atoms with van der Waals surface area (Å²) in [5.41, 5.74) is 2.81. The van der Waals surface area contributed by atoms with E-state index in [9.17, 15) is 0 Å². The van der Waals surface area contributed by atoms with Crippen LogP contribution in [0.1, 0.15) is 18.3 Å². The quantitative estimate of drug-likeness (QED) is 0.795. The predicted octanol–water partition coefficient (Wildman–Crippen LogP) is 1.25. The molecular weight excluding hydrogens is 230 g/mol. The normalized spacial score (nSPS) is 10.8. The molecule has 0 radical (unpaired) electrons. The summed E-state index contributed by atoms with van der Waals surface area (Å²) in [4.78, 5) is 0. The first kappa shape index (κ1) is 12.6. The molecule has 0 unspecified atom stereocenters. The molecule has 2 heterocycles. The Morgan fingerprint density at radius 3 is 2.83 bits per heavy atom. The molecule has 0 saturated heterocycles. The maximum absolute atomic E-state index is 5.08. The number of nitrogens with zero attached hydrogens (tertiary/aromatic N) is 5. The van der Waals surface area contributed by atoms with E-state index in [1.807, 2.05) is 17.6 Å². The summed E-state index contributed by atoms with van der Waals surface area (Å²) in [7, 11) is 1.68. The maximum Gasteiger partial charge on any atom is 0.165 e. The first-order valence-electron chi connectivity index (χ1n) is 5.96. The van der Waals surface area contributed by atoms with Gasteiger partial charge in [-0.05, 0) is 19.4 Å². The largest absolute Gasteiger partial charge is 0.383 e. The Hall–Kier alpha value is -1.82. The van der Waals surface area contributed by atoms with Crippen LogP contribution in [-0.2, 0) is 17.7 Å². The smallest absolute Gasteiger partial charge is 0.165 e. The van der Waals surface area contributed by atoms with Gasteiger partial charge in [-0.15, -0.1) is 10.2 Å². The summed E-state index contributed by atoms with van der Waals surface area (Å²) in [6.45, 7) is 5.33. The highest BCUT2D eigenvalue weighted by Crippen LogP contribution is 2.20. The van der Waals surface area contributed by atoms with Gasteiger partial charge in [-0.1, -0.05) is 6.92 Å². The number of ether oxygens (including phenoxy) is 1. The van der Waals surface area contributed by atoms with E-state index in [1.54, 1.807) is 13.4 Å². The van der Waals surface area contributed by atoms with Crippen molar-refractivity contribution in [3.63, 3.8) is 0 Å². The number of methoxy groups -OCH3 is 1. The Labute approximate surface area is 106 Å². The third-order valence-corrected chi connectivity index (χ3v) is 2.72. The van der Waals surface area contributed by atoms with Crippen LogP contribution in [-0.4, -0.2) is 38.7 Å². The zero-order valence-electron chi connectivity index (χ0n) is 10.9. The van der Waals surface area contributed by atoms with Gasteiger partial charge in [-0.3, -0.25) is 0 Å². The van der Waals surface area contributed by atoms with Crippen molar-refractivity contribution >= 4 is 0 Å². The lowest BCUT2D eigenvalue weighted by Gasteiger charge is -2.09. The standard InChI is InChI=1S/C12H17N5O/c1-4-11-10(7-9(2)14-15-11)12-16-13-8-17(12)5-6-18-3/h7-8H,4-6H2,1-3H3. The van der Waals surface area contributed by atoms with Gasteiger partial charge in [-0.25, -0.2) is 0 Å². The van der Waals surface area contributed by atoms with Crippen LogP contribution < -0.4 is 0 Å². The molecule has 0 aliphatic rings. The van der Waals surface area contributed by atoms with E-state index >= 15 is 0 Å². The van der Waals surface area contributed by atoms with Crippen LogP contribution in [0.15, 0.2) is 12.4 Å². The Morgan fingerprint density at radius 2 is 2.11 bits per heavy atom. The molecule has 0 N–H and O–H groups in total. The molecule has 2 aromatic rings. The lowest BCUT2D eigenvalue weighted by molar-refractivity contribution is 0.187. The van der Waals surface area contributed by atoms with Crippen molar-refractivity contribution in [2.75, 3.05) is 13.7 Å². The zero-order chi connectivity index (χ0) is 13.0. The van der Waals surface area contributed by atoms with Crippen LogP contribution >= 0.6 is 0 Å². The van der Waals surface area contributed by atoms with E-state index in [4.69, 9.17) is 4.74 Å². The topological polar surface area (TPSA) is 65.7 Å². The minimum atomic E-state index is 0.629. The first-order chi connectivity index (χ1) is 8.76. The lowest BCUT2D eigenvalue weighted by Crippen LogP contribution is -2.07. The minimum absolute atomic E-state index is 0.629. The molecule has 0 saturated carbocycles. The molecule has 0 atom stereocenters. The second kappa shape index (κ2) is 5.68. The number of aromatic nitrogens is 5. The summed E-state index contributed by atoms with van der Waals surface area (Å²) in [6, 6.07) is 2.00. The van der Waals surface area contributed by atoms with Crippen LogP contribution in [0, 0.1) is 6.92 Å². The van der Waals surface area contributed by atoms with Crippen molar-refractivity contribution in [1.29, 1.82) is 0 Å². The Morgan fingerprint density at radius 1 is 1.28 bits per heavy atom. The van der Waals surface area contributed by atoms with Crippen LogP contribution in [0.25, 0.3) is 11.4 Å². The average Bonchev–Trinajstić information content (AvgIpc) is 2.84. The number of rotatable bonds is 5. The van der Waals surface area contributed by atoms with E-state index in [0.717, 1.165) is 35.7 Å². The van der Waals surface area contributed by atoms with Gasteiger partial charge in [0.25, 0.3) is 0 Å². The van der Waals surface area contributed by atoms with E-state index in [1.165, 1.54) is 0 Å². The van der Waals surface area contributed by atoms with Gasteiger partial charge in [0.05, 0.1) is 18.0 Å². The lowest BCUT2D eigenvalue weighted by atomic mass is 10.1. The maximum atomic E-state index is 5.08. The monoisotopic (exact) mass is 247 g/mol. The van der Waals surface area contributed by atoms with Crippen LogP contribution in [0.5, 0.6) is 0 Å². The highest BCUT2D eigenvalue weighted by Gasteiger charge is 2.13. The van der Waals surface area contributed by atoms with E-state index in [-0.39, 0.29) is 0 Å². The summed E-state index contributed by atoms with van der Waals surface area (Å²) in [6.07, 6.45) is 2.53. The molecule has 2 rings (SSSR count). The molecule has 6 nitrogen and oxygen atoms in total. The van der Waals surface area contributed by atoms with Gasteiger partial charge in [0.15, 0.2) is 5.82 Å². The molecule has 0 amide bonds. The third-order valence-electron chi connectivity index (χ3n) is 2.72. The second-order valence-electron chi connectivity index (χ2n) is 4.04. The highest BCUT2D eigenvalue weighted by molar-refractivity contribution is 5.58. The van der Waals surface area contributed by atoms with E-state index < -0.39 is 0 Å². The van der Waals surface area contributed by atoms with Crippen molar-refractivity contribution in [2.45, 2.75) is 26.8 Å². The molecule has 0 fully saturated rings. The molecule has 96 valence electrons. The average molecular weight is 247 g/mol. The number of hydrogen-bond donors (Lipinski definition) is 0. The highest BCUT2D eigenvalue weighted by atomic mass is 16.5. The fraction of sp³-hybridized carbons (Fsp3) is 0.500.